The maximum Gasteiger partial charge on any atom is 0.310 e. The summed E-state index contributed by atoms with van der Waals surface area (Å²) in [7, 11) is 0. The first-order valence-electron chi connectivity index (χ1n) is 11.7. The highest BCUT2D eigenvalue weighted by atomic mass is 35.5. The number of carbonyl (C=O) groups excluding carboxylic acids is 2. The van der Waals surface area contributed by atoms with Crippen LogP contribution in [0.3, 0.4) is 0 Å². The van der Waals surface area contributed by atoms with Crippen LogP contribution in [0.25, 0.3) is 28.2 Å². The molecule has 0 aliphatic carbocycles. The molecular formula is C27H25ClN4O3. The third-order valence-electron chi connectivity index (χ3n) is 6.19. The summed E-state index contributed by atoms with van der Waals surface area (Å²) in [6, 6.07) is 20.8. The van der Waals surface area contributed by atoms with Crippen molar-refractivity contribution in [1.82, 2.24) is 19.5 Å². The maximum atomic E-state index is 13.8. The number of ether oxygens (including phenoxy) is 1. The average Bonchev–Trinajstić information content (AvgIpc) is 3.33. The zero-order valence-electron chi connectivity index (χ0n) is 19.4. The van der Waals surface area contributed by atoms with Crippen molar-refractivity contribution in [2.24, 2.45) is 5.92 Å². The van der Waals surface area contributed by atoms with Crippen molar-refractivity contribution in [1.29, 1.82) is 0 Å². The molecule has 1 saturated heterocycles. The van der Waals surface area contributed by atoms with Gasteiger partial charge in [0, 0.05) is 35.3 Å². The fourth-order valence-corrected chi connectivity index (χ4v) is 4.69. The van der Waals surface area contributed by atoms with Gasteiger partial charge in [0.05, 0.1) is 23.9 Å². The summed E-state index contributed by atoms with van der Waals surface area (Å²) in [4.78, 5) is 32.6. The number of hydrogen-bond acceptors (Lipinski definition) is 5. The van der Waals surface area contributed by atoms with E-state index in [9.17, 15) is 9.59 Å². The topological polar surface area (TPSA) is 76.8 Å². The van der Waals surface area contributed by atoms with Gasteiger partial charge in [0.25, 0.3) is 5.91 Å². The van der Waals surface area contributed by atoms with Gasteiger partial charge in [-0.25, -0.2) is 9.50 Å². The second-order valence-corrected chi connectivity index (χ2v) is 8.92. The lowest BCUT2D eigenvalue weighted by Gasteiger charge is -2.31. The third kappa shape index (κ3) is 4.64. The normalized spacial score (nSPS) is 15.8. The molecule has 0 radical (unpaired) electrons. The number of esters is 1. The molecule has 1 fully saturated rings. The van der Waals surface area contributed by atoms with Crippen LogP contribution in [0, 0.1) is 5.92 Å². The molecule has 0 unspecified atom stereocenters. The van der Waals surface area contributed by atoms with E-state index in [2.05, 4.69) is 0 Å². The molecule has 0 spiro atoms. The van der Waals surface area contributed by atoms with Crippen LogP contribution in [-0.2, 0) is 9.53 Å². The molecule has 1 aliphatic heterocycles. The molecule has 2 aromatic carbocycles. The summed E-state index contributed by atoms with van der Waals surface area (Å²) < 4.78 is 6.79. The lowest BCUT2D eigenvalue weighted by Crippen LogP contribution is -2.43. The van der Waals surface area contributed by atoms with E-state index in [-0.39, 0.29) is 17.8 Å². The van der Waals surface area contributed by atoms with Crippen molar-refractivity contribution < 1.29 is 14.3 Å². The van der Waals surface area contributed by atoms with E-state index in [4.69, 9.17) is 26.4 Å². The Bertz CT molecular complexity index is 1390. The van der Waals surface area contributed by atoms with Gasteiger partial charge >= 0.3 is 5.97 Å². The molecule has 3 heterocycles. The Morgan fingerprint density at radius 2 is 1.83 bits per heavy atom. The first-order valence-corrected chi connectivity index (χ1v) is 12.1. The summed E-state index contributed by atoms with van der Waals surface area (Å²) in [5, 5.41) is 5.27. The highest BCUT2D eigenvalue weighted by molar-refractivity contribution is 6.33. The van der Waals surface area contributed by atoms with E-state index in [1.807, 2.05) is 54.6 Å². The second-order valence-electron chi connectivity index (χ2n) is 8.51. The predicted molar refractivity (Wildman–Crippen MR) is 134 cm³/mol. The predicted octanol–water partition coefficient (Wildman–Crippen LogP) is 5.13. The van der Waals surface area contributed by atoms with Gasteiger partial charge in [0.2, 0.25) is 0 Å². The molecule has 0 bridgehead atoms. The lowest BCUT2D eigenvalue weighted by atomic mass is 9.98. The molecule has 7 nitrogen and oxygen atoms in total. The molecule has 5 rings (SSSR count). The number of aromatic nitrogens is 3. The number of piperidine rings is 1. The SMILES string of the molecule is CCOC(=O)[C@H]1CCCN(C(=O)c2cc(-c3ccccc3Cl)nc3cc(-c4ccccc4)nn23)C1. The van der Waals surface area contributed by atoms with Crippen molar-refractivity contribution in [3.05, 3.63) is 77.4 Å². The van der Waals surface area contributed by atoms with Crippen molar-refractivity contribution in [2.45, 2.75) is 19.8 Å². The number of rotatable bonds is 5. The van der Waals surface area contributed by atoms with Gasteiger partial charge in [-0.05, 0) is 31.9 Å². The Balaban J connectivity index is 1.59. The number of benzene rings is 2. The molecule has 1 amide bonds. The molecule has 8 heteroatoms. The highest BCUT2D eigenvalue weighted by Crippen LogP contribution is 2.29. The van der Waals surface area contributed by atoms with E-state index in [0.717, 1.165) is 17.5 Å². The summed E-state index contributed by atoms with van der Waals surface area (Å²) in [5.74, 6) is -0.792. The number of likely N-dealkylation sites (tertiary alicyclic amines) is 1. The van der Waals surface area contributed by atoms with Crippen molar-refractivity contribution in [3.8, 4) is 22.5 Å². The maximum absolute atomic E-state index is 13.8. The standard InChI is InChI=1S/C27H25ClN4O3/c1-2-35-27(34)19-11-8-14-31(17-19)26(33)24-15-23(20-12-6-7-13-21(20)28)29-25-16-22(30-32(24)25)18-9-4-3-5-10-18/h3-7,9-10,12-13,15-16,19H,2,8,11,14,17H2,1H3/t19-/m0/s1. The van der Waals surface area contributed by atoms with Crippen molar-refractivity contribution in [2.75, 3.05) is 19.7 Å². The smallest absolute Gasteiger partial charge is 0.310 e. The van der Waals surface area contributed by atoms with Crippen molar-refractivity contribution in [3.63, 3.8) is 0 Å². The quantitative estimate of drug-likeness (QED) is 0.364. The van der Waals surface area contributed by atoms with Crippen LogP contribution in [0.5, 0.6) is 0 Å². The van der Waals surface area contributed by atoms with E-state index in [0.29, 0.717) is 53.9 Å². The number of halogens is 1. The molecule has 35 heavy (non-hydrogen) atoms. The van der Waals surface area contributed by atoms with Crippen LogP contribution in [0.2, 0.25) is 5.02 Å². The number of amides is 1. The largest absolute Gasteiger partial charge is 0.466 e. The Hall–Kier alpha value is -3.71. The minimum absolute atomic E-state index is 0.206. The Kier molecular flexibility index (Phi) is 6.51. The van der Waals surface area contributed by atoms with Gasteiger partial charge in [-0.1, -0.05) is 60.1 Å². The van der Waals surface area contributed by atoms with Crippen LogP contribution < -0.4 is 0 Å². The number of hydrogen-bond donors (Lipinski definition) is 0. The van der Waals surface area contributed by atoms with Gasteiger partial charge in [0.15, 0.2) is 5.65 Å². The molecule has 0 N–H and O–H groups in total. The minimum Gasteiger partial charge on any atom is -0.466 e. The Morgan fingerprint density at radius 3 is 2.60 bits per heavy atom. The number of fused-ring (bicyclic) bond motifs is 1. The molecule has 2 aromatic heterocycles. The number of nitrogens with zero attached hydrogens (tertiary/aromatic N) is 4. The summed E-state index contributed by atoms with van der Waals surface area (Å²) in [6.45, 7) is 2.99. The zero-order chi connectivity index (χ0) is 24.4. The summed E-state index contributed by atoms with van der Waals surface area (Å²) in [6.07, 6.45) is 1.44. The van der Waals surface area contributed by atoms with Gasteiger partial charge in [-0.2, -0.15) is 5.10 Å². The molecule has 1 aliphatic rings. The highest BCUT2D eigenvalue weighted by Gasteiger charge is 2.31. The van der Waals surface area contributed by atoms with Gasteiger partial charge in [-0.15, -0.1) is 0 Å². The van der Waals surface area contributed by atoms with E-state index < -0.39 is 0 Å². The average molecular weight is 489 g/mol. The van der Waals surface area contributed by atoms with Crippen LogP contribution >= 0.6 is 11.6 Å². The summed E-state index contributed by atoms with van der Waals surface area (Å²) in [5.41, 5.74) is 3.88. The van der Waals surface area contributed by atoms with Crippen LogP contribution in [0.15, 0.2) is 66.7 Å². The van der Waals surface area contributed by atoms with Crippen LogP contribution in [0.4, 0.5) is 0 Å². The van der Waals surface area contributed by atoms with E-state index in [1.54, 1.807) is 28.5 Å². The second kappa shape index (κ2) is 9.88. The summed E-state index contributed by atoms with van der Waals surface area (Å²) >= 11 is 6.47. The molecule has 4 aromatic rings. The first-order chi connectivity index (χ1) is 17.0. The fraction of sp³-hybridized carbons (Fsp3) is 0.259. The van der Waals surface area contributed by atoms with Gasteiger partial charge in [-0.3, -0.25) is 9.59 Å². The molecular weight excluding hydrogens is 464 g/mol. The molecule has 178 valence electrons. The minimum atomic E-state index is -0.328. The monoisotopic (exact) mass is 488 g/mol. The Morgan fingerprint density at radius 1 is 1.06 bits per heavy atom. The van der Waals surface area contributed by atoms with Crippen LogP contribution in [0.1, 0.15) is 30.3 Å². The lowest BCUT2D eigenvalue weighted by molar-refractivity contribution is -0.149. The molecule has 0 saturated carbocycles. The Labute approximate surface area is 208 Å². The number of carbonyl (C=O) groups is 2. The van der Waals surface area contributed by atoms with Crippen molar-refractivity contribution >= 4 is 29.1 Å². The van der Waals surface area contributed by atoms with Gasteiger partial charge < -0.3 is 9.64 Å². The third-order valence-corrected chi connectivity index (χ3v) is 6.52. The fourth-order valence-electron chi connectivity index (χ4n) is 4.46. The van der Waals surface area contributed by atoms with E-state index in [1.165, 1.54) is 0 Å². The van der Waals surface area contributed by atoms with Gasteiger partial charge in [0.1, 0.15) is 5.69 Å². The van der Waals surface area contributed by atoms with Crippen LogP contribution in [-0.4, -0.2) is 51.1 Å². The van der Waals surface area contributed by atoms with E-state index >= 15 is 0 Å². The molecule has 1 atom stereocenters. The zero-order valence-corrected chi connectivity index (χ0v) is 20.1. The first kappa shape index (κ1) is 23.1.